The summed E-state index contributed by atoms with van der Waals surface area (Å²) in [6, 6.07) is 8.45. The third-order valence-corrected chi connectivity index (χ3v) is 6.96. The fourth-order valence-corrected chi connectivity index (χ4v) is 4.93. The van der Waals surface area contributed by atoms with Gasteiger partial charge in [-0.3, -0.25) is 9.67 Å². The number of benzene rings is 1. The molecule has 2 atom stereocenters. The van der Waals surface area contributed by atoms with Crippen LogP contribution in [0.25, 0.3) is 0 Å². The molecule has 2 aromatic rings. The third kappa shape index (κ3) is 6.97. The first-order valence-corrected chi connectivity index (χ1v) is 11.6. The van der Waals surface area contributed by atoms with Gasteiger partial charge in [-0.05, 0) is 51.3 Å². The number of aryl methyl sites for hydroxylation is 2. The number of nitrogens with zero attached hydrogens (tertiary/aromatic N) is 3. The molecule has 0 fully saturated rings. The average molecular weight is 548 g/mol. The molecule has 2 unspecified atom stereocenters. The van der Waals surface area contributed by atoms with Crippen LogP contribution in [0.5, 0.6) is 0 Å². The summed E-state index contributed by atoms with van der Waals surface area (Å²) in [6.45, 7) is 8.14. The van der Waals surface area contributed by atoms with Crippen molar-refractivity contribution < 1.29 is 8.42 Å². The van der Waals surface area contributed by atoms with Gasteiger partial charge in [0.05, 0.1) is 16.3 Å². The minimum absolute atomic E-state index is 0. The first kappa shape index (κ1) is 26.4. The number of nitrogens with one attached hydrogen (secondary N) is 2. The van der Waals surface area contributed by atoms with Gasteiger partial charge in [-0.2, -0.15) is 5.10 Å². The van der Waals surface area contributed by atoms with Crippen molar-refractivity contribution in [3.63, 3.8) is 0 Å². The molecule has 7 nitrogen and oxygen atoms in total. The lowest BCUT2D eigenvalue weighted by molar-refractivity contribution is 0.561. The van der Waals surface area contributed by atoms with Crippen molar-refractivity contribution in [2.24, 2.45) is 12.0 Å². The molecule has 0 saturated carbocycles. The number of hydrogen-bond donors (Lipinski definition) is 2. The summed E-state index contributed by atoms with van der Waals surface area (Å²) in [5.41, 5.74) is 3.41. The van der Waals surface area contributed by atoms with Crippen LogP contribution >= 0.6 is 24.0 Å². The first-order valence-electron chi connectivity index (χ1n) is 9.94. The van der Waals surface area contributed by atoms with E-state index in [1.165, 1.54) is 5.56 Å². The summed E-state index contributed by atoms with van der Waals surface area (Å²) in [5, 5.41) is 11.1. The van der Waals surface area contributed by atoms with Crippen LogP contribution in [-0.4, -0.2) is 49.0 Å². The van der Waals surface area contributed by atoms with Gasteiger partial charge in [0.2, 0.25) is 0 Å². The Hall–Kier alpha value is -1.62. The van der Waals surface area contributed by atoms with Crippen LogP contribution in [0.2, 0.25) is 0 Å². The van der Waals surface area contributed by atoms with Crippen LogP contribution in [0.15, 0.2) is 40.2 Å². The van der Waals surface area contributed by atoms with E-state index in [4.69, 9.17) is 0 Å². The maximum absolute atomic E-state index is 12.7. The standard InChI is InChI=1S/C21H33N5O2S.HI/c1-7-18(14-29(27,28)19-11-9-8-10-12-19)24-21(22-5)23-15(2)13-20-16(3)25-26(6)17(20)4;/h8-12,15,18H,7,13-14H2,1-6H3,(H2,22,23,24);1H. The van der Waals surface area contributed by atoms with E-state index in [2.05, 4.69) is 34.6 Å². The lowest BCUT2D eigenvalue weighted by Gasteiger charge is -2.23. The number of aromatic nitrogens is 2. The van der Waals surface area contributed by atoms with Crippen molar-refractivity contribution in [2.45, 2.75) is 57.5 Å². The minimum Gasteiger partial charge on any atom is -0.354 e. The van der Waals surface area contributed by atoms with Crippen LogP contribution in [-0.2, 0) is 23.3 Å². The second-order valence-corrected chi connectivity index (χ2v) is 9.47. The SMILES string of the molecule is CCC(CS(=O)(=O)c1ccccc1)NC(=NC)NC(C)Cc1c(C)nn(C)c1C.I. The van der Waals surface area contributed by atoms with Crippen LogP contribution < -0.4 is 10.6 Å². The quantitative estimate of drug-likeness (QED) is 0.302. The Kier molecular flexibility index (Phi) is 10.3. The molecule has 1 aromatic heterocycles. The van der Waals surface area contributed by atoms with Gasteiger partial charge >= 0.3 is 0 Å². The largest absolute Gasteiger partial charge is 0.354 e. The highest BCUT2D eigenvalue weighted by Crippen LogP contribution is 2.15. The van der Waals surface area contributed by atoms with Gasteiger partial charge in [0, 0.05) is 31.9 Å². The molecule has 0 radical (unpaired) electrons. The van der Waals surface area contributed by atoms with Gasteiger partial charge in [0.15, 0.2) is 15.8 Å². The number of sulfone groups is 1. The first-order chi connectivity index (χ1) is 13.7. The third-order valence-electron chi connectivity index (χ3n) is 5.13. The minimum atomic E-state index is -3.37. The summed E-state index contributed by atoms with van der Waals surface area (Å²) in [6.07, 6.45) is 1.48. The maximum atomic E-state index is 12.7. The fraction of sp³-hybridized carbons (Fsp3) is 0.524. The van der Waals surface area contributed by atoms with Crippen molar-refractivity contribution >= 4 is 39.8 Å². The van der Waals surface area contributed by atoms with Gasteiger partial charge in [0.1, 0.15) is 0 Å². The zero-order valence-electron chi connectivity index (χ0n) is 18.6. The fourth-order valence-electron chi connectivity index (χ4n) is 3.32. The average Bonchev–Trinajstić information content (AvgIpc) is 2.93. The van der Waals surface area contributed by atoms with E-state index < -0.39 is 9.84 Å². The Morgan fingerprint density at radius 2 is 1.83 bits per heavy atom. The Labute approximate surface area is 197 Å². The van der Waals surface area contributed by atoms with Crippen molar-refractivity contribution in [2.75, 3.05) is 12.8 Å². The monoisotopic (exact) mass is 547 g/mol. The van der Waals surface area contributed by atoms with Gasteiger partial charge in [-0.15, -0.1) is 24.0 Å². The Bertz CT molecular complexity index is 942. The predicted molar refractivity (Wildman–Crippen MR) is 133 cm³/mol. The van der Waals surface area contributed by atoms with Gasteiger partial charge in [0.25, 0.3) is 0 Å². The van der Waals surface area contributed by atoms with Crippen molar-refractivity contribution in [1.29, 1.82) is 0 Å². The molecule has 0 spiro atoms. The molecule has 1 heterocycles. The lowest BCUT2D eigenvalue weighted by atomic mass is 10.1. The summed E-state index contributed by atoms with van der Waals surface area (Å²) >= 11 is 0. The van der Waals surface area contributed by atoms with E-state index in [1.807, 2.05) is 31.6 Å². The molecule has 0 aliphatic carbocycles. The van der Waals surface area contributed by atoms with Gasteiger partial charge < -0.3 is 10.6 Å². The normalized spacial score (nSPS) is 14.0. The molecule has 30 heavy (non-hydrogen) atoms. The molecule has 2 N–H and O–H groups in total. The van der Waals surface area contributed by atoms with Crippen LogP contribution in [0.3, 0.4) is 0 Å². The number of aliphatic imine (C=N–C) groups is 1. The number of halogens is 1. The summed E-state index contributed by atoms with van der Waals surface area (Å²) < 4.78 is 27.3. The van der Waals surface area contributed by atoms with E-state index in [-0.39, 0.29) is 41.8 Å². The summed E-state index contributed by atoms with van der Waals surface area (Å²) in [4.78, 5) is 4.64. The second-order valence-electron chi connectivity index (χ2n) is 7.44. The molecule has 9 heteroatoms. The zero-order valence-corrected chi connectivity index (χ0v) is 21.8. The second kappa shape index (κ2) is 11.7. The maximum Gasteiger partial charge on any atom is 0.191 e. The van der Waals surface area contributed by atoms with Crippen molar-refractivity contribution in [3.8, 4) is 0 Å². The highest BCUT2D eigenvalue weighted by Gasteiger charge is 2.21. The molecule has 2 rings (SSSR count). The van der Waals surface area contributed by atoms with E-state index in [9.17, 15) is 8.42 Å². The highest BCUT2D eigenvalue weighted by atomic mass is 127. The molecule has 0 aliphatic rings. The van der Waals surface area contributed by atoms with Gasteiger partial charge in [-0.25, -0.2) is 8.42 Å². The molecule has 0 aliphatic heterocycles. The van der Waals surface area contributed by atoms with Crippen molar-refractivity contribution in [3.05, 3.63) is 47.3 Å². The molecular formula is C21H34IN5O2S. The van der Waals surface area contributed by atoms with Crippen LogP contribution in [0, 0.1) is 13.8 Å². The number of rotatable bonds is 8. The molecule has 1 aromatic carbocycles. The van der Waals surface area contributed by atoms with E-state index in [0.29, 0.717) is 17.3 Å². The van der Waals surface area contributed by atoms with Gasteiger partial charge in [-0.1, -0.05) is 25.1 Å². The Morgan fingerprint density at radius 3 is 2.33 bits per heavy atom. The number of guanidine groups is 1. The van der Waals surface area contributed by atoms with Crippen LogP contribution in [0.1, 0.15) is 37.2 Å². The van der Waals surface area contributed by atoms with E-state index >= 15 is 0 Å². The Balaban J connectivity index is 0.00000450. The van der Waals surface area contributed by atoms with E-state index in [1.54, 1.807) is 31.3 Å². The molecular weight excluding hydrogens is 513 g/mol. The highest BCUT2D eigenvalue weighted by molar-refractivity contribution is 14.0. The molecule has 0 bridgehead atoms. The predicted octanol–water partition coefficient (Wildman–Crippen LogP) is 3.00. The summed E-state index contributed by atoms with van der Waals surface area (Å²) in [7, 11) is 0.276. The van der Waals surface area contributed by atoms with E-state index in [0.717, 1.165) is 17.8 Å². The smallest absolute Gasteiger partial charge is 0.191 e. The molecule has 168 valence electrons. The molecule has 0 amide bonds. The topological polar surface area (TPSA) is 88.4 Å². The number of hydrogen-bond acceptors (Lipinski definition) is 4. The Morgan fingerprint density at radius 1 is 1.20 bits per heavy atom. The van der Waals surface area contributed by atoms with Crippen molar-refractivity contribution in [1.82, 2.24) is 20.4 Å². The van der Waals surface area contributed by atoms with Crippen LogP contribution in [0.4, 0.5) is 0 Å². The molecule has 0 saturated heterocycles. The summed E-state index contributed by atoms with van der Waals surface area (Å²) in [5.74, 6) is 0.621. The zero-order chi connectivity index (χ0) is 21.6. The lowest BCUT2D eigenvalue weighted by Crippen LogP contribution is -2.49.